The molecule has 2 aromatic carbocycles. The van der Waals surface area contributed by atoms with E-state index in [2.05, 4.69) is 37.2 Å². The summed E-state index contributed by atoms with van der Waals surface area (Å²) < 4.78 is 26.0. The van der Waals surface area contributed by atoms with E-state index in [-0.39, 0.29) is 23.0 Å². The Morgan fingerprint density at radius 1 is 1.09 bits per heavy atom. The fraction of sp³-hybridized carbons (Fsp3) is 0.188. The molecule has 0 aliphatic rings. The first-order valence-corrected chi connectivity index (χ1v) is 10.1. The first-order chi connectivity index (χ1) is 10.8. The SMILES string of the molecule is Cc1ccc(S(=O)(=O)CCC(=O)Nc2ccc(Br)cc2Br)cc1. The molecule has 7 heteroatoms. The molecule has 0 bridgehead atoms. The second kappa shape index (κ2) is 7.59. The van der Waals surface area contributed by atoms with E-state index in [1.54, 1.807) is 42.5 Å². The van der Waals surface area contributed by atoms with Crippen LogP contribution in [0.1, 0.15) is 12.0 Å². The van der Waals surface area contributed by atoms with Crippen LogP contribution in [0.5, 0.6) is 0 Å². The lowest BCUT2D eigenvalue weighted by Gasteiger charge is -2.08. The number of nitrogens with one attached hydrogen (secondary N) is 1. The summed E-state index contributed by atoms with van der Waals surface area (Å²) in [5, 5.41) is 2.70. The van der Waals surface area contributed by atoms with Crippen molar-refractivity contribution in [1.29, 1.82) is 0 Å². The minimum atomic E-state index is -3.46. The smallest absolute Gasteiger partial charge is 0.225 e. The molecule has 122 valence electrons. The topological polar surface area (TPSA) is 63.2 Å². The summed E-state index contributed by atoms with van der Waals surface area (Å²) in [6, 6.07) is 11.9. The van der Waals surface area contributed by atoms with Crippen molar-refractivity contribution in [2.24, 2.45) is 0 Å². The number of carbonyl (C=O) groups excluding carboxylic acids is 1. The molecule has 2 rings (SSSR count). The molecule has 2 aromatic rings. The molecule has 0 saturated carbocycles. The van der Waals surface area contributed by atoms with Gasteiger partial charge in [-0.2, -0.15) is 0 Å². The van der Waals surface area contributed by atoms with E-state index in [9.17, 15) is 13.2 Å². The predicted molar refractivity (Wildman–Crippen MR) is 98.3 cm³/mol. The van der Waals surface area contributed by atoms with Gasteiger partial charge in [0, 0.05) is 15.4 Å². The van der Waals surface area contributed by atoms with E-state index in [0.717, 1.165) is 14.5 Å². The van der Waals surface area contributed by atoms with Gasteiger partial charge in [0.05, 0.1) is 16.3 Å². The summed E-state index contributed by atoms with van der Waals surface area (Å²) in [4.78, 5) is 12.2. The van der Waals surface area contributed by atoms with E-state index < -0.39 is 9.84 Å². The fourth-order valence-corrected chi connectivity index (χ4v) is 4.28. The van der Waals surface area contributed by atoms with Crippen molar-refractivity contribution in [3.05, 3.63) is 57.0 Å². The molecule has 0 unspecified atom stereocenters. The maximum atomic E-state index is 12.2. The Hall–Kier alpha value is -1.18. The monoisotopic (exact) mass is 459 g/mol. The average molecular weight is 461 g/mol. The van der Waals surface area contributed by atoms with Crippen molar-refractivity contribution in [3.8, 4) is 0 Å². The van der Waals surface area contributed by atoms with Gasteiger partial charge in [-0.15, -0.1) is 0 Å². The van der Waals surface area contributed by atoms with E-state index in [4.69, 9.17) is 0 Å². The van der Waals surface area contributed by atoms with Crippen molar-refractivity contribution in [1.82, 2.24) is 0 Å². The number of halogens is 2. The minimum Gasteiger partial charge on any atom is -0.325 e. The second-order valence-electron chi connectivity index (χ2n) is 5.05. The predicted octanol–water partition coefficient (Wildman–Crippen LogP) is 4.32. The van der Waals surface area contributed by atoms with Crippen LogP contribution < -0.4 is 5.32 Å². The summed E-state index contributed by atoms with van der Waals surface area (Å²) >= 11 is 6.67. The van der Waals surface area contributed by atoms with Gasteiger partial charge in [0.15, 0.2) is 9.84 Å². The highest BCUT2D eigenvalue weighted by atomic mass is 79.9. The first kappa shape index (κ1) is 18.2. The lowest BCUT2D eigenvalue weighted by molar-refractivity contribution is -0.115. The van der Waals surface area contributed by atoms with Gasteiger partial charge in [-0.05, 0) is 53.2 Å². The van der Waals surface area contributed by atoms with Gasteiger partial charge >= 0.3 is 0 Å². The molecule has 0 atom stereocenters. The number of benzene rings is 2. The second-order valence-corrected chi connectivity index (χ2v) is 8.93. The molecule has 0 aliphatic carbocycles. The normalized spacial score (nSPS) is 11.3. The van der Waals surface area contributed by atoms with Crippen LogP contribution >= 0.6 is 31.9 Å². The van der Waals surface area contributed by atoms with Crippen molar-refractivity contribution < 1.29 is 13.2 Å². The molecule has 0 heterocycles. The molecule has 1 amide bonds. The van der Waals surface area contributed by atoms with E-state index in [1.807, 2.05) is 6.92 Å². The van der Waals surface area contributed by atoms with Crippen LogP contribution in [0.3, 0.4) is 0 Å². The molecular weight excluding hydrogens is 446 g/mol. The van der Waals surface area contributed by atoms with Crippen LogP contribution in [0.2, 0.25) is 0 Å². The Labute approximate surface area is 152 Å². The quantitative estimate of drug-likeness (QED) is 0.722. The lowest BCUT2D eigenvalue weighted by Crippen LogP contribution is -2.17. The summed E-state index contributed by atoms with van der Waals surface area (Å²) in [6.45, 7) is 1.89. The van der Waals surface area contributed by atoms with Crippen molar-refractivity contribution in [3.63, 3.8) is 0 Å². The summed E-state index contributed by atoms with van der Waals surface area (Å²) in [5.41, 5.74) is 1.59. The van der Waals surface area contributed by atoms with Crippen molar-refractivity contribution in [2.75, 3.05) is 11.1 Å². The maximum Gasteiger partial charge on any atom is 0.225 e. The van der Waals surface area contributed by atoms with Gasteiger partial charge < -0.3 is 5.32 Å². The molecule has 0 fully saturated rings. The third-order valence-electron chi connectivity index (χ3n) is 3.18. The Morgan fingerprint density at radius 3 is 2.35 bits per heavy atom. The Kier molecular flexibility index (Phi) is 6.00. The average Bonchev–Trinajstić information content (AvgIpc) is 2.49. The molecule has 1 N–H and O–H groups in total. The van der Waals surface area contributed by atoms with E-state index in [1.165, 1.54) is 0 Å². The number of anilines is 1. The largest absolute Gasteiger partial charge is 0.325 e. The maximum absolute atomic E-state index is 12.2. The fourth-order valence-electron chi connectivity index (χ4n) is 1.89. The molecule has 0 spiro atoms. The summed E-state index contributed by atoms with van der Waals surface area (Å²) in [5.74, 6) is -0.570. The Morgan fingerprint density at radius 2 is 1.74 bits per heavy atom. The Balaban J connectivity index is 1.99. The van der Waals surface area contributed by atoms with E-state index in [0.29, 0.717) is 5.69 Å². The van der Waals surface area contributed by atoms with Gasteiger partial charge in [0.25, 0.3) is 0 Å². The highest BCUT2D eigenvalue weighted by molar-refractivity contribution is 9.11. The standard InChI is InChI=1S/C16H15Br2NO3S/c1-11-2-5-13(6-3-11)23(21,22)9-8-16(20)19-15-7-4-12(17)10-14(15)18/h2-7,10H,8-9H2,1H3,(H,19,20). The van der Waals surface area contributed by atoms with Gasteiger partial charge in [-0.1, -0.05) is 33.6 Å². The number of sulfone groups is 1. The number of rotatable bonds is 5. The van der Waals surface area contributed by atoms with Crippen molar-refractivity contribution >= 4 is 53.3 Å². The molecular formula is C16H15Br2NO3S. The number of hydrogen-bond donors (Lipinski definition) is 1. The third-order valence-corrected chi connectivity index (χ3v) is 6.06. The zero-order valence-corrected chi connectivity index (χ0v) is 16.3. The summed E-state index contributed by atoms with van der Waals surface area (Å²) in [7, 11) is -3.46. The molecule has 0 saturated heterocycles. The number of amides is 1. The van der Waals surface area contributed by atoms with Crippen LogP contribution in [-0.2, 0) is 14.6 Å². The van der Waals surface area contributed by atoms with Crippen molar-refractivity contribution in [2.45, 2.75) is 18.2 Å². The molecule has 0 aromatic heterocycles. The zero-order chi connectivity index (χ0) is 17.0. The van der Waals surface area contributed by atoms with Crippen LogP contribution in [-0.4, -0.2) is 20.1 Å². The van der Waals surface area contributed by atoms with Crippen LogP contribution in [0.25, 0.3) is 0 Å². The van der Waals surface area contributed by atoms with Crippen LogP contribution in [0.4, 0.5) is 5.69 Å². The highest BCUT2D eigenvalue weighted by Crippen LogP contribution is 2.26. The lowest BCUT2D eigenvalue weighted by atomic mass is 10.2. The first-order valence-electron chi connectivity index (χ1n) is 6.82. The van der Waals surface area contributed by atoms with Gasteiger partial charge in [-0.3, -0.25) is 4.79 Å². The van der Waals surface area contributed by atoms with Gasteiger partial charge in [0.2, 0.25) is 5.91 Å². The van der Waals surface area contributed by atoms with Gasteiger partial charge in [0.1, 0.15) is 0 Å². The van der Waals surface area contributed by atoms with Crippen LogP contribution in [0, 0.1) is 6.92 Å². The molecule has 0 radical (unpaired) electrons. The molecule has 4 nitrogen and oxygen atoms in total. The molecule has 0 aliphatic heterocycles. The number of aryl methyl sites for hydroxylation is 1. The highest BCUT2D eigenvalue weighted by Gasteiger charge is 2.16. The Bertz CT molecular complexity index is 818. The van der Waals surface area contributed by atoms with E-state index >= 15 is 0 Å². The number of hydrogen-bond acceptors (Lipinski definition) is 3. The van der Waals surface area contributed by atoms with Crippen LogP contribution in [0.15, 0.2) is 56.3 Å². The third kappa shape index (κ3) is 5.16. The minimum absolute atomic E-state index is 0.0985. The van der Waals surface area contributed by atoms with Gasteiger partial charge in [-0.25, -0.2) is 8.42 Å². The number of carbonyl (C=O) groups is 1. The summed E-state index contributed by atoms with van der Waals surface area (Å²) in [6.07, 6.45) is -0.0985. The molecule has 23 heavy (non-hydrogen) atoms. The zero-order valence-electron chi connectivity index (χ0n) is 12.3.